The Balaban J connectivity index is 0.00000324. The van der Waals surface area contributed by atoms with E-state index in [1.165, 1.54) is 18.4 Å². The molecule has 2 N–H and O–H groups in total. The maximum absolute atomic E-state index is 5.45. The van der Waals surface area contributed by atoms with Crippen LogP contribution < -0.4 is 15.4 Å². The number of rotatable bonds is 8. The van der Waals surface area contributed by atoms with Crippen LogP contribution in [0.3, 0.4) is 0 Å². The number of likely N-dealkylation sites (tertiary alicyclic amines) is 1. The summed E-state index contributed by atoms with van der Waals surface area (Å²) in [6, 6.07) is 12.7. The van der Waals surface area contributed by atoms with Gasteiger partial charge in [-0.15, -0.1) is 24.0 Å². The average Bonchev–Trinajstić information content (AvgIpc) is 3.54. The second kappa shape index (κ2) is 12.7. The average molecular weight is 575 g/mol. The number of halogens is 1. The number of pyridine rings is 1. The van der Waals surface area contributed by atoms with Gasteiger partial charge in [0.15, 0.2) is 5.96 Å². The van der Waals surface area contributed by atoms with Gasteiger partial charge in [0, 0.05) is 38.7 Å². The van der Waals surface area contributed by atoms with E-state index in [0.29, 0.717) is 6.54 Å². The van der Waals surface area contributed by atoms with Crippen LogP contribution >= 0.6 is 24.0 Å². The van der Waals surface area contributed by atoms with Crippen molar-refractivity contribution in [2.24, 2.45) is 4.99 Å². The predicted molar refractivity (Wildman–Crippen MR) is 146 cm³/mol. The largest absolute Gasteiger partial charge is 0.497 e. The topological polar surface area (TPSA) is 79.6 Å². The summed E-state index contributed by atoms with van der Waals surface area (Å²) in [6.07, 6.45) is 8.08. The molecule has 1 fully saturated rings. The van der Waals surface area contributed by atoms with Gasteiger partial charge in [0.05, 0.1) is 13.2 Å². The van der Waals surface area contributed by atoms with Crippen LogP contribution in [0.15, 0.2) is 60.0 Å². The molecule has 0 amide bonds. The first kappa shape index (κ1) is 26.0. The van der Waals surface area contributed by atoms with E-state index < -0.39 is 0 Å². The van der Waals surface area contributed by atoms with E-state index in [2.05, 4.69) is 54.8 Å². The van der Waals surface area contributed by atoms with Crippen molar-refractivity contribution >= 4 is 29.9 Å². The highest BCUT2D eigenvalue weighted by Gasteiger charge is 2.24. The molecular weight excluding hydrogens is 541 g/mol. The molecule has 0 aliphatic carbocycles. The lowest BCUT2D eigenvalue weighted by atomic mass is 10.1. The predicted octanol–water partition coefficient (Wildman–Crippen LogP) is 3.70. The Labute approximate surface area is 218 Å². The molecule has 1 atom stereocenters. The van der Waals surface area contributed by atoms with Gasteiger partial charge in [-0.1, -0.05) is 18.2 Å². The molecule has 1 aliphatic heterocycles. The van der Waals surface area contributed by atoms with Crippen molar-refractivity contribution in [1.82, 2.24) is 30.1 Å². The lowest BCUT2D eigenvalue weighted by Crippen LogP contribution is -2.42. The second-order valence-electron chi connectivity index (χ2n) is 8.21. The summed E-state index contributed by atoms with van der Waals surface area (Å²) in [4.78, 5) is 15.8. The van der Waals surface area contributed by atoms with Crippen molar-refractivity contribution < 1.29 is 4.74 Å². The summed E-state index contributed by atoms with van der Waals surface area (Å²) in [6.45, 7) is 5.61. The van der Waals surface area contributed by atoms with Gasteiger partial charge in [-0.25, -0.2) is 9.97 Å². The lowest BCUT2D eigenvalue weighted by Gasteiger charge is -2.29. The van der Waals surface area contributed by atoms with Crippen LogP contribution in [0, 0.1) is 6.92 Å². The Bertz CT molecular complexity index is 1060. The van der Waals surface area contributed by atoms with Crippen LogP contribution in [0.2, 0.25) is 0 Å². The van der Waals surface area contributed by atoms with Crippen molar-refractivity contribution in [2.45, 2.75) is 32.4 Å². The number of aromatic nitrogens is 3. The summed E-state index contributed by atoms with van der Waals surface area (Å²) in [7, 11) is 3.51. The third-order valence-electron chi connectivity index (χ3n) is 6.09. The van der Waals surface area contributed by atoms with E-state index >= 15 is 0 Å². The van der Waals surface area contributed by atoms with E-state index in [0.717, 1.165) is 48.5 Å². The van der Waals surface area contributed by atoms with Gasteiger partial charge < -0.3 is 15.4 Å². The van der Waals surface area contributed by atoms with Gasteiger partial charge in [0.1, 0.15) is 17.4 Å². The summed E-state index contributed by atoms with van der Waals surface area (Å²) >= 11 is 0. The maximum atomic E-state index is 5.45. The molecule has 1 aromatic carbocycles. The van der Waals surface area contributed by atoms with Crippen molar-refractivity contribution in [2.75, 3.05) is 33.8 Å². The zero-order valence-corrected chi connectivity index (χ0v) is 22.4. The van der Waals surface area contributed by atoms with E-state index in [1.54, 1.807) is 20.4 Å². The molecule has 9 heteroatoms. The summed E-state index contributed by atoms with van der Waals surface area (Å²) < 4.78 is 7.42. The number of guanidine groups is 1. The molecule has 3 aromatic rings. The Hall–Kier alpha value is -2.66. The molecule has 0 saturated carbocycles. The van der Waals surface area contributed by atoms with Crippen LogP contribution in [-0.2, 0) is 6.54 Å². The first-order chi connectivity index (χ1) is 16.2. The third kappa shape index (κ3) is 6.47. The van der Waals surface area contributed by atoms with Gasteiger partial charge in [0.25, 0.3) is 0 Å². The number of benzene rings is 1. The Morgan fingerprint density at radius 3 is 2.62 bits per heavy atom. The summed E-state index contributed by atoms with van der Waals surface area (Å²) in [5, 5.41) is 6.93. The number of ether oxygens (including phenoxy) is 1. The molecule has 0 spiro atoms. The van der Waals surface area contributed by atoms with E-state index in [4.69, 9.17) is 4.74 Å². The maximum Gasteiger partial charge on any atom is 0.191 e. The fraction of sp³-hybridized carbons (Fsp3) is 0.400. The van der Waals surface area contributed by atoms with Crippen LogP contribution in [0.25, 0.3) is 5.82 Å². The number of methoxy groups -OCH3 is 1. The Morgan fingerprint density at radius 1 is 1.15 bits per heavy atom. The molecule has 182 valence electrons. The fourth-order valence-corrected chi connectivity index (χ4v) is 4.24. The molecule has 8 nitrogen and oxygen atoms in total. The Kier molecular flexibility index (Phi) is 9.70. The third-order valence-corrected chi connectivity index (χ3v) is 6.09. The van der Waals surface area contributed by atoms with Gasteiger partial charge in [-0.05, 0) is 62.2 Å². The summed E-state index contributed by atoms with van der Waals surface area (Å²) in [5.74, 6) is 3.45. The highest BCUT2D eigenvalue weighted by atomic mass is 127. The molecule has 0 bridgehead atoms. The Morgan fingerprint density at radius 2 is 1.97 bits per heavy atom. The number of imidazole rings is 1. The zero-order valence-electron chi connectivity index (χ0n) is 20.1. The number of nitrogens with zero attached hydrogens (tertiary/aromatic N) is 5. The van der Waals surface area contributed by atoms with Crippen molar-refractivity contribution in [1.29, 1.82) is 0 Å². The monoisotopic (exact) mass is 575 g/mol. The highest BCUT2D eigenvalue weighted by Crippen LogP contribution is 2.27. The quantitative estimate of drug-likeness (QED) is 0.242. The van der Waals surface area contributed by atoms with Crippen molar-refractivity contribution in [3.63, 3.8) is 0 Å². The second-order valence-corrected chi connectivity index (χ2v) is 8.21. The van der Waals surface area contributed by atoms with E-state index in [1.807, 2.05) is 36.0 Å². The van der Waals surface area contributed by atoms with Gasteiger partial charge in [-0.2, -0.15) is 0 Å². The standard InChI is InChI=1S/C25H33N7O.HI/c1-19-27-11-14-32(19)24-10-9-20(16-28-24)17-29-25(26-2)30-18-23(31-12-4-5-13-31)21-7-6-8-22(15-21)33-3;/h6-11,14-16,23H,4-5,12-13,17-18H2,1-3H3,(H2,26,29,30);1H. The molecule has 2 aromatic heterocycles. The highest BCUT2D eigenvalue weighted by molar-refractivity contribution is 14.0. The first-order valence-electron chi connectivity index (χ1n) is 11.5. The van der Waals surface area contributed by atoms with Crippen molar-refractivity contribution in [3.8, 4) is 11.6 Å². The van der Waals surface area contributed by atoms with Gasteiger partial charge in [0.2, 0.25) is 0 Å². The zero-order chi connectivity index (χ0) is 23.0. The van der Waals surface area contributed by atoms with Gasteiger partial charge >= 0.3 is 0 Å². The minimum absolute atomic E-state index is 0. The molecular formula is C25H34IN7O. The number of aryl methyl sites for hydroxylation is 1. The fourth-order valence-electron chi connectivity index (χ4n) is 4.24. The molecule has 1 unspecified atom stereocenters. The minimum Gasteiger partial charge on any atom is -0.497 e. The number of nitrogens with one attached hydrogen (secondary N) is 2. The normalized spacial score (nSPS) is 15.0. The first-order valence-corrected chi connectivity index (χ1v) is 11.5. The lowest BCUT2D eigenvalue weighted by molar-refractivity contribution is 0.245. The van der Waals surface area contributed by atoms with Crippen LogP contribution in [-0.4, -0.2) is 59.2 Å². The summed E-state index contributed by atoms with van der Waals surface area (Å²) in [5.41, 5.74) is 2.34. The van der Waals surface area contributed by atoms with Crippen LogP contribution in [0.5, 0.6) is 5.75 Å². The van der Waals surface area contributed by atoms with E-state index in [9.17, 15) is 0 Å². The molecule has 4 rings (SSSR count). The van der Waals surface area contributed by atoms with Crippen LogP contribution in [0.1, 0.15) is 35.8 Å². The minimum atomic E-state index is 0. The molecule has 0 radical (unpaired) electrons. The van der Waals surface area contributed by atoms with Gasteiger partial charge in [-0.3, -0.25) is 14.5 Å². The number of hydrogen-bond acceptors (Lipinski definition) is 5. The van der Waals surface area contributed by atoms with Crippen LogP contribution in [0.4, 0.5) is 0 Å². The number of hydrogen-bond donors (Lipinski definition) is 2. The number of aliphatic imine (C=N–C) groups is 1. The molecule has 1 aliphatic rings. The molecule has 34 heavy (non-hydrogen) atoms. The molecule has 3 heterocycles. The van der Waals surface area contributed by atoms with E-state index in [-0.39, 0.29) is 30.0 Å². The SMILES string of the molecule is CN=C(NCc1ccc(-n2ccnc2C)nc1)NCC(c1cccc(OC)c1)N1CCCC1.I. The smallest absolute Gasteiger partial charge is 0.191 e. The van der Waals surface area contributed by atoms with Crippen molar-refractivity contribution in [3.05, 3.63) is 71.9 Å². The molecule has 1 saturated heterocycles.